The summed E-state index contributed by atoms with van der Waals surface area (Å²) in [5, 5.41) is 4.20. The molecule has 0 aliphatic carbocycles. The molecule has 2 atom stereocenters. The van der Waals surface area contributed by atoms with Crippen LogP contribution in [0.25, 0.3) is 5.69 Å². The highest BCUT2D eigenvalue weighted by Gasteiger charge is 2.42. The van der Waals surface area contributed by atoms with Gasteiger partial charge in [0.1, 0.15) is 23.3 Å². The first-order chi connectivity index (χ1) is 19.1. The maximum absolute atomic E-state index is 6.07. The molecule has 0 saturated carbocycles. The summed E-state index contributed by atoms with van der Waals surface area (Å²) in [7, 11) is 1.65. The van der Waals surface area contributed by atoms with Crippen LogP contribution in [0.3, 0.4) is 0 Å². The number of anilines is 1. The molecule has 1 aliphatic heterocycles. The zero-order chi connectivity index (χ0) is 26.8. The molecule has 1 N–H and O–H groups in total. The third kappa shape index (κ3) is 4.84. The highest BCUT2D eigenvalue weighted by atomic mass is 32.1. The van der Waals surface area contributed by atoms with Gasteiger partial charge in [-0.1, -0.05) is 24.3 Å². The van der Waals surface area contributed by atoms with Crippen LogP contribution in [0.5, 0.6) is 17.2 Å². The minimum atomic E-state index is -0.133. The number of pyridine rings is 1. The Balaban J connectivity index is 1.37. The van der Waals surface area contributed by atoms with E-state index in [1.807, 2.05) is 72.9 Å². The summed E-state index contributed by atoms with van der Waals surface area (Å²) in [6.45, 7) is 2.13. The van der Waals surface area contributed by atoms with Gasteiger partial charge in [-0.05, 0) is 104 Å². The molecule has 0 unspecified atom stereocenters. The molecular formula is C32H28N4O2S. The zero-order valence-electron chi connectivity index (χ0n) is 21.7. The molecule has 1 aliphatic rings. The van der Waals surface area contributed by atoms with E-state index < -0.39 is 0 Å². The lowest BCUT2D eigenvalue weighted by atomic mass is 10.0. The fraction of sp³-hybridized carbons (Fsp3) is 0.125. The van der Waals surface area contributed by atoms with Crippen LogP contribution < -0.4 is 19.7 Å². The molecule has 3 heterocycles. The Kier molecular flexibility index (Phi) is 6.73. The van der Waals surface area contributed by atoms with Gasteiger partial charge in [0, 0.05) is 29.5 Å². The van der Waals surface area contributed by atoms with Gasteiger partial charge in [0.15, 0.2) is 5.11 Å². The maximum Gasteiger partial charge on any atom is 0.174 e. The van der Waals surface area contributed by atoms with E-state index in [0.717, 1.165) is 40.0 Å². The summed E-state index contributed by atoms with van der Waals surface area (Å²) in [6.07, 6.45) is 3.93. The Morgan fingerprint density at radius 1 is 0.795 bits per heavy atom. The minimum absolute atomic E-state index is 0.129. The van der Waals surface area contributed by atoms with E-state index in [0.29, 0.717) is 5.11 Å². The van der Waals surface area contributed by atoms with Crippen LogP contribution in [0.2, 0.25) is 0 Å². The molecule has 3 aromatic carbocycles. The first kappa shape index (κ1) is 24.7. The van der Waals surface area contributed by atoms with Crippen molar-refractivity contribution in [2.75, 3.05) is 12.0 Å². The van der Waals surface area contributed by atoms with Crippen molar-refractivity contribution < 1.29 is 9.47 Å². The highest BCUT2D eigenvalue weighted by molar-refractivity contribution is 7.80. The number of aromatic nitrogens is 2. The van der Waals surface area contributed by atoms with Gasteiger partial charge in [0.25, 0.3) is 0 Å². The third-order valence-electron chi connectivity index (χ3n) is 6.97. The first-order valence-corrected chi connectivity index (χ1v) is 13.2. The van der Waals surface area contributed by atoms with Gasteiger partial charge in [-0.15, -0.1) is 0 Å². The Morgan fingerprint density at radius 3 is 2.18 bits per heavy atom. The van der Waals surface area contributed by atoms with Crippen LogP contribution in [0.4, 0.5) is 5.69 Å². The Morgan fingerprint density at radius 2 is 1.49 bits per heavy atom. The molecule has 7 heteroatoms. The summed E-state index contributed by atoms with van der Waals surface area (Å²) < 4.78 is 13.6. The molecular weight excluding hydrogens is 504 g/mol. The second-order valence-corrected chi connectivity index (χ2v) is 9.74. The van der Waals surface area contributed by atoms with Crippen molar-refractivity contribution in [3.8, 4) is 22.9 Å². The Labute approximate surface area is 233 Å². The average Bonchev–Trinajstić information content (AvgIpc) is 3.59. The molecule has 6 rings (SSSR count). The zero-order valence-corrected chi connectivity index (χ0v) is 22.5. The monoisotopic (exact) mass is 532 g/mol. The van der Waals surface area contributed by atoms with Gasteiger partial charge >= 0.3 is 0 Å². The van der Waals surface area contributed by atoms with E-state index in [1.165, 1.54) is 5.56 Å². The van der Waals surface area contributed by atoms with Crippen molar-refractivity contribution in [2.45, 2.75) is 19.0 Å². The van der Waals surface area contributed by atoms with Gasteiger partial charge in [0.05, 0.1) is 18.8 Å². The summed E-state index contributed by atoms with van der Waals surface area (Å²) in [6, 6.07) is 33.9. The number of aryl methyl sites for hydroxylation is 1. The molecule has 0 amide bonds. The molecule has 6 nitrogen and oxygen atoms in total. The van der Waals surface area contributed by atoms with Crippen LogP contribution in [0.15, 0.2) is 116 Å². The van der Waals surface area contributed by atoms with Gasteiger partial charge < -0.3 is 24.3 Å². The quantitative estimate of drug-likeness (QED) is 0.225. The lowest BCUT2D eigenvalue weighted by Crippen LogP contribution is -2.30. The molecule has 0 bridgehead atoms. The smallest absolute Gasteiger partial charge is 0.174 e. The highest BCUT2D eigenvalue weighted by Crippen LogP contribution is 2.43. The SMILES string of the molecule is COc1ccc(Oc2ccc(N3C(=S)N[C@@H](c4ccccn4)[C@H]3c3cccn3-c3ccccc3C)cc2)cc1. The maximum atomic E-state index is 6.07. The molecule has 194 valence electrons. The lowest BCUT2D eigenvalue weighted by Gasteiger charge is -2.29. The molecule has 1 fully saturated rings. The number of ether oxygens (including phenoxy) is 2. The number of hydrogen-bond donors (Lipinski definition) is 1. The van der Waals surface area contributed by atoms with Crippen LogP contribution in [0, 0.1) is 6.92 Å². The summed E-state index contributed by atoms with van der Waals surface area (Å²) in [5.74, 6) is 2.27. The number of thiocarbonyl (C=S) groups is 1. The average molecular weight is 533 g/mol. The van der Waals surface area contributed by atoms with Crippen molar-refractivity contribution in [1.29, 1.82) is 0 Å². The Hall–Kier alpha value is -4.62. The van der Waals surface area contributed by atoms with Crippen molar-refractivity contribution in [3.05, 3.63) is 132 Å². The summed E-state index contributed by atoms with van der Waals surface area (Å²) in [4.78, 5) is 6.87. The van der Waals surface area contributed by atoms with E-state index in [2.05, 4.69) is 69.3 Å². The molecule has 1 saturated heterocycles. The Bertz CT molecular complexity index is 1580. The summed E-state index contributed by atoms with van der Waals surface area (Å²) >= 11 is 5.93. The standard InChI is InChI=1S/C32H28N4O2S/c1-22-8-3-4-10-28(22)35-21-7-11-29(35)31-30(27-9-5-6-20-33-27)34-32(39)36(31)23-12-14-25(15-13-23)38-26-18-16-24(37-2)17-19-26/h3-21,30-31H,1-2H3,(H,34,39)/t30-,31+/m0/s1. The largest absolute Gasteiger partial charge is 0.497 e. The number of rotatable bonds is 7. The molecule has 0 spiro atoms. The van der Waals surface area contributed by atoms with Gasteiger partial charge in [-0.25, -0.2) is 0 Å². The van der Waals surface area contributed by atoms with Crippen molar-refractivity contribution in [3.63, 3.8) is 0 Å². The third-order valence-corrected chi connectivity index (χ3v) is 7.28. The van der Waals surface area contributed by atoms with E-state index >= 15 is 0 Å². The number of nitrogens with zero attached hydrogens (tertiary/aromatic N) is 3. The molecule has 0 radical (unpaired) electrons. The van der Waals surface area contributed by atoms with E-state index in [9.17, 15) is 0 Å². The molecule has 39 heavy (non-hydrogen) atoms. The van der Waals surface area contributed by atoms with Crippen LogP contribution >= 0.6 is 12.2 Å². The van der Waals surface area contributed by atoms with E-state index in [4.69, 9.17) is 21.7 Å². The fourth-order valence-corrected chi connectivity index (χ4v) is 5.42. The van der Waals surface area contributed by atoms with Gasteiger partial charge in [-0.2, -0.15) is 0 Å². The predicted octanol–water partition coefficient (Wildman–Crippen LogP) is 7.16. The fourth-order valence-electron chi connectivity index (χ4n) is 5.08. The van der Waals surface area contributed by atoms with E-state index in [1.54, 1.807) is 7.11 Å². The summed E-state index contributed by atoms with van der Waals surface area (Å²) in [5.41, 5.74) is 5.36. The van der Waals surface area contributed by atoms with Gasteiger partial charge in [0.2, 0.25) is 0 Å². The number of benzene rings is 3. The normalized spacial score (nSPS) is 16.7. The second-order valence-electron chi connectivity index (χ2n) is 9.36. The second kappa shape index (κ2) is 10.6. The van der Waals surface area contributed by atoms with Crippen LogP contribution in [-0.2, 0) is 0 Å². The number of hydrogen-bond acceptors (Lipinski definition) is 4. The predicted molar refractivity (Wildman–Crippen MR) is 158 cm³/mol. The minimum Gasteiger partial charge on any atom is -0.497 e. The topological polar surface area (TPSA) is 51.6 Å². The van der Waals surface area contributed by atoms with Crippen molar-refractivity contribution in [2.24, 2.45) is 0 Å². The first-order valence-electron chi connectivity index (χ1n) is 12.8. The molecule has 2 aromatic heterocycles. The number of methoxy groups -OCH3 is 1. The van der Waals surface area contributed by atoms with Crippen molar-refractivity contribution in [1.82, 2.24) is 14.9 Å². The number of nitrogens with one attached hydrogen (secondary N) is 1. The van der Waals surface area contributed by atoms with Crippen LogP contribution in [0.1, 0.15) is 29.0 Å². The van der Waals surface area contributed by atoms with Crippen molar-refractivity contribution >= 4 is 23.0 Å². The van der Waals surface area contributed by atoms with Crippen LogP contribution in [-0.4, -0.2) is 21.8 Å². The van der Waals surface area contributed by atoms with Gasteiger partial charge in [-0.3, -0.25) is 4.98 Å². The number of para-hydroxylation sites is 1. The van der Waals surface area contributed by atoms with E-state index in [-0.39, 0.29) is 12.1 Å². The lowest BCUT2D eigenvalue weighted by molar-refractivity contribution is 0.413. The molecule has 5 aromatic rings.